The van der Waals surface area contributed by atoms with Crippen molar-refractivity contribution in [2.45, 2.75) is 51.4 Å². The number of benzene rings is 2. The van der Waals surface area contributed by atoms with Crippen molar-refractivity contribution in [2.24, 2.45) is 12.5 Å². The average molecular weight is 637 g/mol. The summed E-state index contributed by atoms with van der Waals surface area (Å²) >= 11 is 6.75. The SMILES string of the molecule is Cn1ccc2c([C@H](Nc3cc(Cl)c4ncc(C#N)c(NCC(C)(C)C)c4c3)C3=CN(C4(C(F)(F)F)CC4)NN3)cccc2c1=O. The van der Waals surface area contributed by atoms with Crippen molar-refractivity contribution in [3.8, 4) is 6.07 Å². The maximum absolute atomic E-state index is 14.0. The number of nitrogens with zero attached hydrogens (tertiary/aromatic N) is 4. The lowest BCUT2D eigenvalue weighted by molar-refractivity contribution is -0.195. The lowest BCUT2D eigenvalue weighted by Crippen LogP contribution is -2.52. The molecule has 0 amide bonds. The largest absolute Gasteiger partial charge is 0.413 e. The van der Waals surface area contributed by atoms with Crippen LogP contribution in [0.5, 0.6) is 0 Å². The monoisotopic (exact) mass is 636 g/mol. The lowest BCUT2D eigenvalue weighted by atomic mass is 9.96. The van der Waals surface area contributed by atoms with Crippen LogP contribution in [-0.4, -0.2) is 32.8 Å². The molecular formula is C32H32ClF3N8O. The van der Waals surface area contributed by atoms with Crippen LogP contribution in [0.25, 0.3) is 21.7 Å². The van der Waals surface area contributed by atoms with Gasteiger partial charge < -0.3 is 20.6 Å². The molecule has 1 fully saturated rings. The highest BCUT2D eigenvalue weighted by Gasteiger charge is 2.67. The smallest absolute Gasteiger partial charge is 0.383 e. The van der Waals surface area contributed by atoms with E-state index in [9.17, 15) is 23.2 Å². The van der Waals surface area contributed by atoms with Gasteiger partial charge in [0.25, 0.3) is 5.56 Å². The molecule has 3 heterocycles. The van der Waals surface area contributed by atoms with Crippen LogP contribution >= 0.6 is 11.6 Å². The molecule has 0 radical (unpaired) electrons. The van der Waals surface area contributed by atoms with Gasteiger partial charge in [0, 0.05) is 48.6 Å². The molecule has 0 bridgehead atoms. The maximum atomic E-state index is 14.0. The van der Waals surface area contributed by atoms with E-state index in [4.69, 9.17) is 11.6 Å². The summed E-state index contributed by atoms with van der Waals surface area (Å²) in [6.45, 7) is 6.79. The number of halogens is 4. The van der Waals surface area contributed by atoms with Crippen LogP contribution < -0.4 is 27.2 Å². The Bertz CT molecular complexity index is 1950. The number of rotatable bonds is 7. The van der Waals surface area contributed by atoms with Gasteiger partial charge in [-0.1, -0.05) is 44.5 Å². The third-order valence-corrected chi connectivity index (χ3v) is 8.52. The van der Waals surface area contributed by atoms with Crippen LogP contribution in [0.3, 0.4) is 0 Å². The van der Waals surface area contributed by atoms with Gasteiger partial charge >= 0.3 is 6.18 Å². The zero-order valence-corrected chi connectivity index (χ0v) is 25.9. The number of fused-ring (bicyclic) bond motifs is 2. The molecule has 45 heavy (non-hydrogen) atoms. The number of alkyl halides is 3. The summed E-state index contributed by atoms with van der Waals surface area (Å²) in [5.74, 6) is 0. The fourth-order valence-electron chi connectivity index (χ4n) is 5.60. The molecule has 13 heteroatoms. The molecule has 1 aliphatic carbocycles. The van der Waals surface area contributed by atoms with Crippen molar-refractivity contribution in [1.29, 1.82) is 5.26 Å². The molecule has 0 unspecified atom stereocenters. The number of aryl methyl sites for hydroxylation is 1. The van der Waals surface area contributed by atoms with Gasteiger partial charge in [0.15, 0.2) is 5.54 Å². The van der Waals surface area contributed by atoms with E-state index in [0.717, 1.165) is 5.01 Å². The van der Waals surface area contributed by atoms with E-state index in [1.807, 2.05) is 18.2 Å². The first-order valence-electron chi connectivity index (χ1n) is 14.4. The number of anilines is 2. The van der Waals surface area contributed by atoms with E-state index in [1.165, 1.54) is 17.0 Å². The van der Waals surface area contributed by atoms with Crippen molar-refractivity contribution < 1.29 is 13.2 Å². The molecule has 234 valence electrons. The molecule has 6 rings (SSSR count). The van der Waals surface area contributed by atoms with Gasteiger partial charge in [-0.25, -0.2) is 0 Å². The van der Waals surface area contributed by atoms with Gasteiger partial charge in [-0.2, -0.15) is 18.4 Å². The molecule has 1 aliphatic heterocycles. The van der Waals surface area contributed by atoms with Crippen molar-refractivity contribution in [1.82, 2.24) is 25.5 Å². The van der Waals surface area contributed by atoms with Crippen LogP contribution in [0.4, 0.5) is 24.5 Å². The van der Waals surface area contributed by atoms with Crippen LogP contribution in [0.1, 0.15) is 50.8 Å². The fraction of sp³-hybridized carbons (Fsp3) is 0.344. The fourth-order valence-corrected chi connectivity index (χ4v) is 5.87. The first kappa shape index (κ1) is 30.6. The second kappa shape index (κ2) is 10.9. The number of nitrogens with one attached hydrogen (secondary N) is 4. The zero-order chi connectivity index (χ0) is 32.3. The lowest BCUT2D eigenvalue weighted by Gasteiger charge is -2.28. The minimum Gasteiger partial charge on any atom is -0.383 e. The molecule has 4 aromatic rings. The third-order valence-electron chi connectivity index (χ3n) is 8.23. The van der Waals surface area contributed by atoms with E-state index in [0.29, 0.717) is 61.4 Å². The predicted molar refractivity (Wildman–Crippen MR) is 169 cm³/mol. The Morgan fingerprint density at radius 3 is 2.58 bits per heavy atom. The normalized spacial score (nSPS) is 16.7. The molecule has 2 aromatic heterocycles. The highest BCUT2D eigenvalue weighted by molar-refractivity contribution is 6.35. The molecule has 9 nitrogen and oxygen atoms in total. The molecule has 2 aliphatic rings. The Labute approximate surface area is 262 Å². The summed E-state index contributed by atoms with van der Waals surface area (Å²) in [6, 6.07) is 12.1. The summed E-state index contributed by atoms with van der Waals surface area (Å²) in [4.78, 5) is 17.4. The summed E-state index contributed by atoms with van der Waals surface area (Å²) in [6.07, 6.45) is 0.0621. The zero-order valence-electron chi connectivity index (χ0n) is 25.1. The Morgan fingerprint density at radius 2 is 1.91 bits per heavy atom. The van der Waals surface area contributed by atoms with E-state index in [-0.39, 0.29) is 23.8 Å². The maximum Gasteiger partial charge on any atom is 0.413 e. The predicted octanol–water partition coefficient (Wildman–Crippen LogP) is 6.48. The topological polar surface area (TPSA) is 110 Å². The first-order valence-corrected chi connectivity index (χ1v) is 14.8. The van der Waals surface area contributed by atoms with Crippen molar-refractivity contribution in [2.75, 3.05) is 17.2 Å². The van der Waals surface area contributed by atoms with Crippen LogP contribution in [0.2, 0.25) is 5.02 Å². The van der Waals surface area contributed by atoms with Gasteiger partial charge in [-0.3, -0.25) is 14.8 Å². The molecule has 2 aromatic carbocycles. The molecule has 0 spiro atoms. The van der Waals surface area contributed by atoms with Crippen LogP contribution in [0, 0.1) is 16.7 Å². The minimum atomic E-state index is -4.43. The molecular weight excluding hydrogens is 605 g/mol. The Hall–Kier alpha value is -4.47. The van der Waals surface area contributed by atoms with Gasteiger partial charge in [-0.15, -0.1) is 5.53 Å². The summed E-state index contributed by atoms with van der Waals surface area (Å²) < 4.78 is 43.5. The average Bonchev–Trinajstić information content (AvgIpc) is 3.67. The second-order valence-electron chi connectivity index (χ2n) is 12.8. The third kappa shape index (κ3) is 5.51. The second-order valence-corrected chi connectivity index (χ2v) is 13.2. The number of aromatic nitrogens is 2. The van der Waals surface area contributed by atoms with Gasteiger partial charge in [0.1, 0.15) is 6.07 Å². The quantitative estimate of drug-likeness (QED) is 0.182. The highest BCUT2D eigenvalue weighted by atomic mass is 35.5. The Morgan fingerprint density at radius 1 is 1.16 bits per heavy atom. The molecule has 1 saturated carbocycles. The van der Waals surface area contributed by atoms with Crippen molar-refractivity contribution in [3.05, 3.63) is 87.2 Å². The number of hydrogen-bond donors (Lipinski definition) is 4. The Kier molecular flexibility index (Phi) is 7.37. The van der Waals surface area contributed by atoms with Crippen LogP contribution in [0.15, 0.2) is 65.5 Å². The van der Waals surface area contributed by atoms with Crippen LogP contribution in [-0.2, 0) is 7.05 Å². The van der Waals surface area contributed by atoms with Crippen molar-refractivity contribution in [3.63, 3.8) is 0 Å². The summed E-state index contributed by atoms with van der Waals surface area (Å²) in [7, 11) is 1.66. The molecule has 1 atom stereocenters. The highest BCUT2D eigenvalue weighted by Crippen LogP contribution is 2.54. The van der Waals surface area contributed by atoms with Gasteiger partial charge in [0.2, 0.25) is 0 Å². The van der Waals surface area contributed by atoms with Gasteiger partial charge in [0.05, 0.1) is 33.5 Å². The van der Waals surface area contributed by atoms with Crippen molar-refractivity contribution >= 4 is 44.7 Å². The number of pyridine rings is 2. The van der Waals surface area contributed by atoms with E-state index >= 15 is 0 Å². The summed E-state index contributed by atoms with van der Waals surface area (Å²) in [5, 5.41) is 19.8. The minimum absolute atomic E-state index is 0.0315. The molecule has 0 saturated heterocycles. The number of hydrazine groups is 2. The standard InChI is InChI=1S/C32H32ClF3N8O/c1-30(2,3)17-39-26-18(14-37)15-38-27-23(26)12-19(13-24(27)33)40-28(21-6-5-7-22-20(21)8-11-43(4)29(22)45)25-16-44(42-41-25)31(9-10-31)32(34,35)36/h5-8,11-13,15-16,28,40-42H,9-10,17H2,1-4H3,(H,38,39)/t28-/m0/s1. The van der Waals surface area contributed by atoms with Gasteiger partial charge in [-0.05, 0) is 53.5 Å². The Balaban J connectivity index is 1.49. The summed E-state index contributed by atoms with van der Waals surface area (Å²) in [5.41, 5.74) is 6.39. The van der Waals surface area contributed by atoms with E-state index in [1.54, 1.807) is 31.4 Å². The first-order chi connectivity index (χ1) is 21.2. The van der Waals surface area contributed by atoms with E-state index in [2.05, 4.69) is 53.4 Å². The molecule has 4 N–H and O–H groups in total. The number of nitriles is 1. The number of hydrogen-bond acceptors (Lipinski definition) is 8. The van der Waals surface area contributed by atoms with E-state index < -0.39 is 17.8 Å².